The van der Waals surface area contributed by atoms with Gasteiger partial charge in [-0.3, -0.25) is 9.52 Å². The number of hydrogen-bond acceptors (Lipinski definition) is 5. The Hall–Kier alpha value is -2.04. The van der Waals surface area contributed by atoms with Gasteiger partial charge in [0.15, 0.2) is 11.8 Å². The molecule has 2 aromatic heterocycles. The number of likely N-dealkylation sites (N-methyl/N-ethyl adjacent to an activating group) is 1. The molecule has 160 valence electrons. The number of nitrogens with one attached hydrogen (secondary N) is 3. The number of quaternary nitrogens is 1. The van der Waals surface area contributed by atoms with Crippen LogP contribution in [0.4, 0.5) is 5.69 Å². The third kappa shape index (κ3) is 5.35. The van der Waals surface area contributed by atoms with Gasteiger partial charge < -0.3 is 14.6 Å². The first-order chi connectivity index (χ1) is 14.2. The van der Waals surface area contributed by atoms with Crippen LogP contribution in [-0.4, -0.2) is 35.0 Å². The van der Waals surface area contributed by atoms with E-state index < -0.39 is 10.0 Å². The SMILES string of the molecule is C[NH+](C)[C@@H](CNC(=O)c1ccc(NS(=O)(=O)c2cc(Cl)sc2Cl)cc1)c1ccco1. The zero-order valence-electron chi connectivity index (χ0n) is 16.1. The van der Waals surface area contributed by atoms with Gasteiger partial charge in [-0.05, 0) is 42.5 Å². The maximum Gasteiger partial charge on any atom is 0.264 e. The Morgan fingerprint density at radius 1 is 1.20 bits per heavy atom. The van der Waals surface area contributed by atoms with Crippen LogP contribution in [-0.2, 0) is 10.0 Å². The molecule has 0 bridgehead atoms. The zero-order chi connectivity index (χ0) is 21.9. The standard InChI is InChI=1S/C19H19Cl2N3O4S2/c1-24(2)14(15-4-3-9-28-15)11-22-19(25)12-5-7-13(8-6-12)23-30(26,27)16-10-17(20)29-18(16)21/h3-10,14,23H,11H2,1-2H3,(H,22,25)/p+1/t14-/m0/s1. The van der Waals surface area contributed by atoms with Gasteiger partial charge in [-0.25, -0.2) is 8.42 Å². The fourth-order valence-corrected chi connectivity index (χ4v) is 5.99. The Morgan fingerprint density at radius 3 is 2.43 bits per heavy atom. The van der Waals surface area contributed by atoms with Crippen molar-refractivity contribution in [1.29, 1.82) is 0 Å². The van der Waals surface area contributed by atoms with E-state index in [4.69, 9.17) is 27.6 Å². The van der Waals surface area contributed by atoms with Crippen molar-refractivity contribution >= 4 is 56.2 Å². The molecule has 0 saturated heterocycles. The molecule has 11 heteroatoms. The van der Waals surface area contributed by atoms with Gasteiger partial charge in [0.25, 0.3) is 15.9 Å². The molecule has 0 aliphatic heterocycles. The van der Waals surface area contributed by atoms with Crippen molar-refractivity contribution in [3.05, 3.63) is 68.7 Å². The molecule has 1 amide bonds. The molecule has 30 heavy (non-hydrogen) atoms. The van der Waals surface area contributed by atoms with Crippen LogP contribution in [0.3, 0.4) is 0 Å². The van der Waals surface area contributed by atoms with Gasteiger partial charge in [0.2, 0.25) is 0 Å². The molecule has 0 fully saturated rings. The number of carbonyl (C=O) groups excluding carboxylic acids is 1. The number of thiophene rings is 1. The van der Waals surface area contributed by atoms with E-state index in [0.717, 1.165) is 22.0 Å². The van der Waals surface area contributed by atoms with E-state index in [2.05, 4.69) is 10.0 Å². The van der Waals surface area contributed by atoms with Crippen LogP contribution >= 0.6 is 34.5 Å². The molecule has 1 atom stereocenters. The first-order valence-corrected chi connectivity index (χ1v) is 11.9. The Balaban J connectivity index is 1.65. The number of anilines is 1. The van der Waals surface area contributed by atoms with Gasteiger partial charge in [0, 0.05) is 11.3 Å². The van der Waals surface area contributed by atoms with Gasteiger partial charge in [0.1, 0.15) is 9.23 Å². The molecule has 3 aromatic rings. The van der Waals surface area contributed by atoms with Crippen LogP contribution in [0.2, 0.25) is 8.67 Å². The number of hydrogen-bond donors (Lipinski definition) is 3. The first kappa shape index (κ1) is 22.6. The number of amides is 1. The maximum absolute atomic E-state index is 12.5. The third-order valence-electron chi connectivity index (χ3n) is 4.36. The highest BCUT2D eigenvalue weighted by molar-refractivity contribution is 7.93. The van der Waals surface area contributed by atoms with Gasteiger partial charge in [-0.2, -0.15) is 0 Å². The Kier molecular flexibility index (Phi) is 7.10. The van der Waals surface area contributed by atoms with Crippen molar-refractivity contribution in [3.63, 3.8) is 0 Å². The lowest BCUT2D eigenvalue weighted by Crippen LogP contribution is -3.07. The number of rotatable bonds is 8. The predicted molar refractivity (Wildman–Crippen MR) is 118 cm³/mol. The van der Waals surface area contributed by atoms with E-state index in [9.17, 15) is 13.2 Å². The van der Waals surface area contributed by atoms with E-state index in [1.54, 1.807) is 18.4 Å². The highest BCUT2D eigenvalue weighted by Gasteiger charge is 2.23. The average molecular weight is 489 g/mol. The molecule has 3 N–H and O–H groups in total. The van der Waals surface area contributed by atoms with Crippen molar-refractivity contribution in [2.75, 3.05) is 25.4 Å². The molecule has 0 unspecified atom stereocenters. The van der Waals surface area contributed by atoms with Crippen LogP contribution in [0.15, 0.2) is 58.0 Å². The molecule has 0 aliphatic rings. The van der Waals surface area contributed by atoms with E-state index >= 15 is 0 Å². The lowest BCUT2D eigenvalue weighted by molar-refractivity contribution is -0.891. The Bertz CT molecular complexity index is 1110. The second-order valence-corrected chi connectivity index (χ2v) is 10.7. The molecule has 1 aromatic carbocycles. The molecule has 0 radical (unpaired) electrons. The fraction of sp³-hybridized carbons (Fsp3) is 0.211. The molecule has 3 rings (SSSR count). The fourth-order valence-electron chi connectivity index (χ4n) is 2.78. The van der Waals surface area contributed by atoms with Crippen LogP contribution in [0.25, 0.3) is 0 Å². The van der Waals surface area contributed by atoms with E-state index in [0.29, 0.717) is 17.8 Å². The molecule has 0 spiro atoms. The molecule has 0 saturated carbocycles. The van der Waals surface area contributed by atoms with Crippen LogP contribution in [0.1, 0.15) is 22.2 Å². The van der Waals surface area contributed by atoms with Crippen molar-refractivity contribution in [3.8, 4) is 0 Å². The Labute approximate surface area is 188 Å². The summed E-state index contributed by atoms with van der Waals surface area (Å²) in [6, 6.07) is 11.0. The van der Waals surface area contributed by atoms with Crippen molar-refractivity contribution in [1.82, 2.24) is 5.32 Å². The second kappa shape index (κ2) is 9.40. The van der Waals surface area contributed by atoms with Crippen molar-refractivity contribution in [2.24, 2.45) is 0 Å². The second-order valence-electron chi connectivity index (χ2n) is 6.73. The summed E-state index contributed by atoms with van der Waals surface area (Å²) in [5, 5.41) is 2.88. The number of furan rings is 1. The van der Waals surface area contributed by atoms with Crippen LogP contribution in [0, 0.1) is 0 Å². The molecular formula is C19H20Cl2N3O4S2+. The summed E-state index contributed by atoms with van der Waals surface area (Å²) < 4.78 is 33.2. The smallest absolute Gasteiger partial charge is 0.264 e. The molecule has 0 aliphatic carbocycles. The zero-order valence-corrected chi connectivity index (χ0v) is 19.3. The van der Waals surface area contributed by atoms with Gasteiger partial charge in [-0.15, -0.1) is 11.3 Å². The largest absolute Gasteiger partial charge is 0.463 e. The highest BCUT2D eigenvalue weighted by Crippen LogP contribution is 2.35. The lowest BCUT2D eigenvalue weighted by atomic mass is 10.1. The Morgan fingerprint density at radius 2 is 1.90 bits per heavy atom. The summed E-state index contributed by atoms with van der Waals surface area (Å²) in [6.45, 7) is 0.389. The van der Waals surface area contributed by atoms with Crippen molar-refractivity contribution in [2.45, 2.75) is 10.9 Å². The maximum atomic E-state index is 12.5. The number of halogens is 2. The summed E-state index contributed by atoms with van der Waals surface area (Å²) in [7, 11) is 0.0766. The topological polar surface area (TPSA) is 92.9 Å². The lowest BCUT2D eigenvalue weighted by Gasteiger charge is -2.19. The molecule has 7 nitrogen and oxygen atoms in total. The number of sulfonamides is 1. The molecule has 2 heterocycles. The van der Waals surface area contributed by atoms with Crippen molar-refractivity contribution < 1.29 is 22.5 Å². The van der Waals surface area contributed by atoms with E-state index in [1.807, 2.05) is 26.2 Å². The van der Waals surface area contributed by atoms with Gasteiger partial charge >= 0.3 is 0 Å². The van der Waals surface area contributed by atoms with Crippen LogP contribution < -0.4 is 14.9 Å². The summed E-state index contributed by atoms with van der Waals surface area (Å²) in [4.78, 5) is 13.5. The van der Waals surface area contributed by atoms with Gasteiger partial charge in [-0.1, -0.05) is 23.2 Å². The van der Waals surface area contributed by atoms with Crippen LogP contribution in [0.5, 0.6) is 0 Å². The molecular weight excluding hydrogens is 469 g/mol. The normalized spacial score (nSPS) is 12.7. The highest BCUT2D eigenvalue weighted by atomic mass is 35.5. The quantitative estimate of drug-likeness (QED) is 0.454. The minimum absolute atomic E-state index is 0.0304. The predicted octanol–water partition coefficient (Wildman–Crippen LogP) is 3.06. The van der Waals surface area contributed by atoms with E-state index in [1.165, 1.54) is 18.2 Å². The van der Waals surface area contributed by atoms with E-state index in [-0.39, 0.29) is 25.5 Å². The third-order valence-corrected chi connectivity index (χ3v) is 7.50. The summed E-state index contributed by atoms with van der Waals surface area (Å²) in [6.07, 6.45) is 1.60. The average Bonchev–Trinajstić information content (AvgIpc) is 3.31. The monoisotopic (exact) mass is 488 g/mol. The minimum Gasteiger partial charge on any atom is -0.463 e. The minimum atomic E-state index is -3.88. The summed E-state index contributed by atoms with van der Waals surface area (Å²) in [5.41, 5.74) is 0.706. The summed E-state index contributed by atoms with van der Waals surface area (Å²) in [5.74, 6) is 0.516. The van der Waals surface area contributed by atoms with Gasteiger partial charge in [0.05, 0.1) is 31.2 Å². The number of carbonyl (C=O) groups is 1. The first-order valence-electron chi connectivity index (χ1n) is 8.86. The summed E-state index contributed by atoms with van der Waals surface area (Å²) >= 11 is 12.7. The number of benzene rings is 1.